The summed E-state index contributed by atoms with van der Waals surface area (Å²) in [7, 11) is 1.32. The predicted molar refractivity (Wildman–Crippen MR) is 79.9 cm³/mol. The number of hydrogen-bond donors (Lipinski definition) is 2. The fraction of sp³-hybridized carbons (Fsp3) is 0.500. The number of methoxy groups -OCH3 is 1. The quantitative estimate of drug-likeness (QED) is 0.821. The molecule has 1 aliphatic heterocycles. The molecule has 2 heterocycles. The summed E-state index contributed by atoms with van der Waals surface area (Å²) in [5.41, 5.74) is 0.826. The van der Waals surface area contributed by atoms with Gasteiger partial charge in [0, 0.05) is 17.3 Å². The molecule has 114 valence electrons. The molecule has 2 amide bonds. The molecule has 0 aliphatic carbocycles. The zero-order valence-electron chi connectivity index (χ0n) is 12.7. The fourth-order valence-corrected chi connectivity index (χ4v) is 3.09. The molecule has 6 nitrogen and oxygen atoms in total. The summed E-state index contributed by atoms with van der Waals surface area (Å²) < 4.78 is 4.82. The summed E-state index contributed by atoms with van der Waals surface area (Å²) in [6.07, 6.45) is 1.71. The summed E-state index contributed by atoms with van der Waals surface area (Å²) in [4.78, 5) is 28.9. The minimum atomic E-state index is -0.528. The van der Waals surface area contributed by atoms with E-state index in [0.717, 1.165) is 9.88 Å². The normalized spacial score (nSPS) is 19.1. The Morgan fingerprint density at radius 1 is 1.43 bits per heavy atom. The molecule has 1 aromatic rings. The molecule has 1 aromatic heterocycles. The number of rotatable bonds is 2. The van der Waals surface area contributed by atoms with Crippen LogP contribution >= 0.6 is 11.3 Å². The highest BCUT2D eigenvalue weighted by atomic mass is 32.1. The molecule has 0 saturated heterocycles. The van der Waals surface area contributed by atoms with Crippen molar-refractivity contribution in [1.29, 1.82) is 0 Å². The Morgan fingerprint density at radius 3 is 2.62 bits per heavy atom. The van der Waals surface area contributed by atoms with E-state index in [-0.39, 0.29) is 11.4 Å². The number of aromatic nitrogens is 1. The molecule has 21 heavy (non-hydrogen) atoms. The van der Waals surface area contributed by atoms with E-state index in [1.54, 1.807) is 13.1 Å². The molecule has 0 unspecified atom stereocenters. The average molecular weight is 309 g/mol. The first-order valence-corrected chi connectivity index (χ1v) is 7.38. The largest absolute Gasteiger partial charge is 0.466 e. The first-order chi connectivity index (χ1) is 9.74. The van der Waals surface area contributed by atoms with Crippen molar-refractivity contribution in [1.82, 2.24) is 15.6 Å². The van der Waals surface area contributed by atoms with Crippen molar-refractivity contribution in [2.24, 2.45) is 0 Å². The van der Waals surface area contributed by atoms with Crippen LogP contribution in [0.15, 0.2) is 17.5 Å². The molecule has 2 N–H and O–H groups in total. The van der Waals surface area contributed by atoms with Crippen molar-refractivity contribution in [3.05, 3.63) is 27.4 Å². The Balaban J connectivity index is 2.44. The van der Waals surface area contributed by atoms with Gasteiger partial charge in [0.1, 0.15) is 6.04 Å². The number of nitrogens with zero attached hydrogens (tertiary/aromatic N) is 1. The van der Waals surface area contributed by atoms with Gasteiger partial charge in [-0.2, -0.15) is 0 Å². The lowest BCUT2D eigenvalue weighted by Gasteiger charge is -2.26. The molecular formula is C14H19N3O3S. The van der Waals surface area contributed by atoms with Gasteiger partial charge in [-0.25, -0.2) is 14.6 Å². The first-order valence-electron chi connectivity index (χ1n) is 6.57. The van der Waals surface area contributed by atoms with E-state index in [2.05, 4.69) is 36.4 Å². The number of amides is 2. The highest BCUT2D eigenvalue weighted by Gasteiger charge is 2.33. The van der Waals surface area contributed by atoms with E-state index in [1.165, 1.54) is 18.4 Å². The first kappa shape index (κ1) is 15.5. The molecule has 0 radical (unpaired) electrons. The van der Waals surface area contributed by atoms with Crippen LogP contribution in [-0.4, -0.2) is 24.1 Å². The van der Waals surface area contributed by atoms with Gasteiger partial charge < -0.3 is 15.4 Å². The highest BCUT2D eigenvalue weighted by Crippen LogP contribution is 2.34. The Bertz CT molecular complexity index is 613. The van der Waals surface area contributed by atoms with E-state index in [9.17, 15) is 9.59 Å². The third-order valence-corrected chi connectivity index (χ3v) is 4.61. The summed E-state index contributed by atoms with van der Waals surface area (Å²) in [6.45, 7) is 7.89. The van der Waals surface area contributed by atoms with E-state index in [1.807, 2.05) is 0 Å². The van der Waals surface area contributed by atoms with E-state index >= 15 is 0 Å². The zero-order valence-corrected chi connectivity index (χ0v) is 13.6. The molecule has 2 rings (SSSR count). The number of hydrogen-bond acceptors (Lipinski definition) is 5. The summed E-state index contributed by atoms with van der Waals surface area (Å²) in [6, 6.07) is -0.865. The fourth-order valence-electron chi connectivity index (χ4n) is 2.05. The van der Waals surface area contributed by atoms with Crippen LogP contribution in [-0.2, 0) is 14.9 Å². The van der Waals surface area contributed by atoms with Gasteiger partial charge in [-0.3, -0.25) is 0 Å². The smallest absolute Gasteiger partial charge is 0.338 e. The van der Waals surface area contributed by atoms with Crippen LogP contribution in [0.3, 0.4) is 0 Å². The summed E-state index contributed by atoms with van der Waals surface area (Å²) in [5, 5.41) is 6.30. The van der Waals surface area contributed by atoms with Gasteiger partial charge in [-0.1, -0.05) is 20.8 Å². The second-order valence-electron chi connectivity index (χ2n) is 5.88. The second-order valence-corrected chi connectivity index (χ2v) is 6.94. The van der Waals surface area contributed by atoms with Crippen LogP contribution in [0.2, 0.25) is 0 Å². The lowest BCUT2D eigenvalue weighted by Crippen LogP contribution is -2.45. The molecule has 0 spiro atoms. The van der Waals surface area contributed by atoms with Gasteiger partial charge in [-0.05, 0) is 6.92 Å². The van der Waals surface area contributed by atoms with Crippen molar-refractivity contribution < 1.29 is 14.3 Å². The summed E-state index contributed by atoms with van der Waals surface area (Å²) >= 11 is 1.49. The van der Waals surface area contributed by atoms with Gasteiger partial charge in [-0.15, -0.1) is 11.3 Å². The topological polar surface area (TPSA) is 80.3 Å². The molecule has 0 fully saturated rings. The third-order valence-electron chi connectivity index (χ3n) is 3.12. The number of nitrogens with one attached hydrogen (secondary N) is 2. The maximum atomic E-state index is 12.0. The van der Waals surface area contributed by atoms with Gasteiger partial charge in [0.05, 0.1) is 22.6 Å². The number of carbonyl (C=O) groups excluding carboxylic acids is 2. The Labute approximate surface area is 127 Å². The minimum Gasteiger partial charge on any atom is -0.466 e. The number of allylic oxidation sites excluding steroid dienone is 1. The number of urea groups is 1. The van der Waals surface area contributed by atoms with Crippen molar-refractivity contribution in [2.75, 3.05) is 7.11 Å². The second kappa shape index (κ2) is 5.48. The van der Waals surface area contributed by atoms with Gasteiger partial charge >= 0.3 is 12.0 Å². The van der Waals surface area contributed by atoms with Crippen LogP contribution in [0.25, 0.3) is 0 Å². The molecule has 0 aromatic carbocycles. The van der Waals surface area contributed by atoms with Crippen molar-refractivity contribution in [3.63, 3.8) is 0 Å². The number of esters is 1. The number of carbonyl (C=O) groups is 2. The molecular weight excluding hydrogens is 290 g/mol. The van der Waals surface area contributed by atoms with Crippen LogP contribution in [0, 0.1) is 0 Å². The van der Waals surface area contributed by atoms with Gasteiger partial charge in [0.2, 0.25) is 0 Å². The van der Waals surface area contributed by atoms with Gasteiger partial charge in [0.25, 0.3) is 0 Å². The van der Waals surface area contributed by atoms with Crippen LogP contribution in [0.5, 0.6) is 0 Å². The monoisotopic (exact) mass is 309 g/mol. The molecule has 1 atom stereocenters. The molecule has 1 aliphatic rings. The highest BCUT2D eigenvalue weighted by molar-refractivity contribution is 7.11. The lowest BCUT2D eigenvalue weighted by atomic mass is 9.98. The maximum absolute atomic E-state index is 12.0. The van der Waals surface area contributed by atoms with Crippen molar-refractivity contribution in [2.45, 2.75) is 39.2 Å². The lowest BCUT2D eigenvalue weighted by molar-refractivity contribution is -0.136. The van der Waals surface area contributed by atoms with E-state index in [4.69, 9.17) is 4.74 Å². The van der Waals surface area contributed by atoms with E-state index < -0.39 is 12.0 Å². The van der Waals surface area contributed by atoms with Crippen LogP contribution in [0.4, 0.5) is 4.79 Å². The number of thiazole rings is 1. The van der Waals surface area contributed by atoms with Crippen molar-refractivity contribution in [3.8, 4) is 0 Å². The molecule has 0 bridgehead atoms. The average Bonchev–Trinajstić information content (AvgIpc) is 2.86. The Morgan fingerprint density at radius 2 is 2.10 bits per heavy atom. The Hall–Kier alpha value is -1.89. The van der Waals surface area contributed by atoms with Crippen LogP contribution < -0.4 is 10.6 Å². The standard InChI is InChI=1S/C14H19N3O3S/c1-7-9(11(18)20-5)10(17-13(19)16-7)8-6-15-12(21-8)14(2,3)4/h6,10H,1-5H3,(H2,16,17,19)/t10-/m0/s1. The zero-order chi connectivity index (χ0) is 15.8. The van der Waals surface area contributed by atoms with Crippen LogP contribution in [0.1, 0.15) is 43.6 Å². The molecule has 7 heteroatoms. The maximum Gasteiger partial charge on any atom is 0.338 e. The Kier molecular flexibility index (Phi) is 4.04. The minimum absolute atomic E-state index is 0.0793. The summed E-state index contributed by atoms with van der Waals surface area (Å²) in [5.74, 6) is -0.462. The predicted octanol–water partition coefficient (Wildman–Crippen LogP) is 2.24. The van der Waals surface area contributed by atoms with Crippen molar-refractivity contribution >= 4 is 23.3 Å². The van der Waals surface area contributed by atoms with E-state index in [0.29, 0.717) is 11.3 Å². The van der Waals surface area contributed by atoms with Gasteiger partial charge in [0.15, 0.2) is 0 Å². The number of ether oxygens (including phenoxy) is 1. The SMILES string of the molecule is COC(=O)C1=C(C)NC(=O)N[C@H]1c1cnc(C(C)(C)C)s1. The molecule has 0 saturated carbocycles. The third kappa shape index (κ3) is 3.07.